The van der Waals surface area contributed by atoms with Gasteiger partial charge in [0, 0.05) is 26.6 Å². The number of ether oxygens (including phenoxy) is 1. The second-order valence-electron chi connectivity index (χ2n) is 5.12. The van der Waals surface area contributed by atoms with Crippen molar-refractivity contribution >= 4 is 21.9 Å². The molecule has 0 aliphatic carbocycles. The van der Waals surface area contributed by atoms with Crippen LogP contribution in [0.3, 0.4) is 0 Å². The Hall–Kier alpha value is -1.19. The molecule has 8 nitrogen and oxygen atoms in total. The van der Waals surface area contributed by atoms with Crippen molar-refractivity contribution in [3.8, 4) is 0 Å². The first-order valence-corrected chi connectivity index (χ1v) is 8.39. The smallest absolute Gasteiger partial charge is 0.321 e. The van der Waals surface area contributed by atoms with Crippen LogP contribution in [0.2, 0.25) is 0 Å². The summed E-state index contributed by atoms with van der Waals surface area (Å²) in [6.07, 6.45) is 0.653. The number of carbonyl (C=O) groups is 2. The van der Waals surface area contributed by atoms with Crippen molar-refractivity contribution in [2.75, 3.05) is 32.1 Å². The second-order valence-corrected chi connectivity index (χ2v) is 7.08. The predicted octanol–water partition coefficient (Wildman–Crippen LogP) is -0.736. The largest absolute Gasteiger partial charge is 0.480 e. The van der Waals surface area contributed by atoms with E-state index < -0.39 is 22.0 Å². The molecule has 0 aromatic heterocycles. The SMILES string of the molecule is CC(=O)NCCN(C(C)C(=O)O)S(=O)(=O)CC1CCOC1. The highest BCUT2D eigenvalue weighted by Crippen LogP contribution is 2.18. The summed E-state index contributed by atoms with van der Waals surface area (Å²) >= 11 is 0. The number of carboxylic acids is 1. The molecule has 9 heteroatoms. The van der Waals surface area contributed by atoms with Crippen molar-refractivity contribution < 1.29 is 27.9 Å². The highest BCUT2D eigenvalue weighted by Gasteiger charge is 2.34. The summed E-state index contributed by atoms with van der Waals surface area (Å²) in [7, 11) is -3.73. The maximum atomic E-state index is 12.4. The molecule has 1 aliphatic rings. The van der Waals surface area contributed by atoms with Gasteiger partial charge < -0.3 is 15.2 Å². The molecule has 1 rings (SSSR count). The molecule has 1 saturated heterocycles. The molecule has 2 atom stereocenters. The van der Waals surface area contributed by atoms with Crippen LogP contribution in [0.5, 0.6) is 0 Å². The molecule has 0 aromatic rings. The topological polar surface area (TPSA) is 113 Å². The van der Waals surface area contributed by atoms with E-state index >= 15 is 0 Å². The Bertz CT molecular complexity index is 472. The fourth-order valence-corrected chi connectivity index (χ4v) is 4.14. The Kier molecular flexibility index (Phi) is 6.56. The van der Waals surface area contributed by atoms with Gasteiger partial charge in [0.1, 0.15) is 6.04 Å². The zero-order chi connectivity index (χ0) is 16.0. The van der Waals surface area contributed by atoms with Gasteiger partial charge in [-0.05, 0) is 19.3 Å². The minimum absolute atomic E-state index is 0.0665. The summed E-state index contributed by atoms with van der Waals surface area (Å²) in [4.78, 5) is 21.9. The van der Waals surface area contributed by atoms with Crippen molar-refractivity contribution in [3.05, 3.63) is 0 Å². The Balaban J connectivity index is 2.76. The number of amides is 1. The third-order valence-corrected chi connectivity index (χ3v) is 5.43. The first kappa shape index (κ1) is 17.9. The molecule has 21 heavy (non-hydrogen) atoms. The van der Waals surface area contributed by atoms with E-state index in [0.717, 1.165) is 4.31 Å². The van der Waals surface area contributed by atoms with Crippen molar-refractivity contribution in [1.82, 2.24) is 9.62 Å². The van der Waals surface area contributed by atoms with Crippen LogP contribution in [0.25, 0.3) is 0 Å². The van der Waals surface area contributed by atoms with Gasteiger partial charge in [0.15, 0.2) is 0 Å². The summed E-state index contributed by atoms with van der Waals surface area (Å²) in [5, 5.41) is 11.5. The zero-order valence-electron chi connectivity index (χ0n) is 12.2. The van der Waals surface area contributed by atoms with Gasteiger partial charge in [0.25, 0.3) is 0 Å². The van der Waals surface area contributed by atoms with Crippen molar-refractivity contribution in [1.29, 1.82) is 0 Å². The van der Waals surface area contributed by atoms with Gasteiger partial charge in [-0.2, -0.15) is 4.31 Å². The minimum atomic E-state index is -3.73. The number of nitrogens with one attached hydrogen (secondary N) is 1. The molecule has 2 N–H and O–H groups in total. The van der Waals surface area contributed by atoms with Gasteiger partial charge >= 0.3 is 5.97 Å². The average Bonchev–Trinajstić information content (AvgIpc) is 2.85. The lowest BCUT2D eigenvalue weighted by Gasteiger charge is -2.26. The number of sulfonamides is 1. The first-order valence-electron chi connectivity index (χ1n) is 6.78. The molecule has 122 valence electrons. The van der Waals surface area contributed by atoms with Crippen molar-refractivity contribution in [3.63, 3.8) is 0 Å². The summed E-state index contributed by atoms with van der Waals surface area (Å²) in [6.45, 7) is 3.55. The molecule has 1 aliphatic heterocycles. The third kappa shape index (κ3) is 5.60. The molecule has 2 unspecified atom stereocenters. The molecule has 0 spiro atoms. The van der Waals surface area contributed by atoms with Crippen LogP contribution in [-0.4, -0.2) is 67.8 Å². The fraction of sp³-hybridized carbons (Fsp3) is 0.833. The average molecular weight is 322 g/mol. The zero-order valence-corrected chi connectivity index (χ0v) is 13.1. The Morgan fingerprint density at radius 1 is 1.48 bits per heavy atom. The third-order valence-electron chi connectivity index (χ3n) is 3.32. The van der Waals surface area contributed by atoms with Crippen LogP contribution in [0, 0.1) is 5.92 Å². The molecule has 0 radical (unpaired) electrons. The molecular formula is C12H22N2O6S. The molecule has 0 saturated carbocycles. The maximum Gasteiger partial charge on any atom is 0.321 e. The van der Waals surface area contributed by atoms with Gasteiger partial charge in [-0.25, -0.2) is 8.42 Å². The van der Waals surface area contributed by atoms with Crippen LogP contribution in [0.1, 0.15) is 20.3 Å². The summed E-state index contributed by atoms with van der Waals surface area (Å²) in [5.41, 5.74) is 0. The summed E-state index contributed by atoms with van der Waals surface area (Å²) in [6, 6.07) is -1.17. The molecule has 1 amide bonds. The van der Waals surface area contributed by atoms with Crippen molar-refractivity contribution in [2.24, 2.45) is 5.92 Å². The van der Waals surface area contributed by atoms with Crippen LogP contribution in [0.15, 0.2) is 0 Å². The lowest BCUT2D eigenvalue weighted by Crippen LogP contribution is -2.48. The molecule has 0 bridgehead atoms. The second kappa shape index (κ2) is 7.71. The number of rotatable bonds is 8. The highest BCUT2D eigenvalue weighted by molar-refractivity contribution is 7.89. The standard InChI is InChI=1S/C12H22N2O6S/c1-9(12(16)17)14(5-4-13-10(2)15)21(18,19)8-11-3-6-20-7-11/h9,11H,3-8H2,1-2H3,(H,13,15)(H,16,17). The Labute approximate surface area is 124 Å². The number of carbonyl (C=O) groups excluding carboxylic acids is 1. The number of carboxylic acid groups (broad SMARTS) is 1. The Morgan fingerprint density at radius 3 is 2.62 bits per heavy atom. The lowest BCUT2D eigenvalue weighted by molar-refractivity contribution is -0.140. The van der Waals surface area contributed by atoms with Crippen LogP contribution < -0.4 is 5.32 Å². The van der Waals surface area contributed by atoms with E-state index in [9.17, 15) is 18.0 Å². The monoisotopic (exact) mass is 322 g/mol. The highest BCUT2D eigenvalue weighted by atomic mass is 32.2. The van der Waals surface area contributed by atoms with E-state index in [4.69, 9.17) is 9.84 Å². The maximum absolute atomic E-state index is 12.4. The number of hydrogen-bond acceptors (Lipinski definition) is 5. The molecular weight excluding hydrogens is 300 g/mol. The van der Waals surface area contributed by atoms with E-state index in [-0.39, 0.29) is 30.7 Å². The first-order chi connectivity index (χ1) is 9.74. The normalized spacial score (nSPS) is 20.4. The van der Waals surface area contributed by atoms with Gasteiger partial charge in [-0.3, -0.25) is 9.59 Å². The van der Waals surface area contributed by atoms with Gasteiger partial charge in [0.2, 0.25) is 15.9 Å². The Morgan fingerprint density at radius 2 is 2.14 bits per heavy atom. The molecule has 1 fully saturated rings. The number of hydrogen-bond donors (Lipinski definition) is 2. The molecule has 0 aromatic carbocycles. The van der Waals surface area contributed by atoms with E-state index in [1.807, 2.05) is 0 Å². The predicted molar refractivity (Wildman–Crippen MR) is 75.2 cm³/mol. The summed E-state index contributed by atoms with van der Waals surface area (Å²) in [5.74, 6) is -1.76. The van der Waals surface area contributed by atoms with Crippen LogP contribution in [-0.2, 0) is 24.3 Å². The van der Waals surface area contributed by atoms with Crippen LogP contribution >= 0.6 is 0 Å². The summed E-state index contributed by atoms with van der Waals surface area (Å²) < 4.78 is 30.9. The minimum Gasteiger partial charge on any atom is -0.480 e. The van der Waals surface area contributed by atoms with E-state index in [1.54, 1.807) is 0 Å². The quantitative estimate of drug-likeness (QED) is 0.609. The van der Waals surface area contributed by atoms with E-state index in [0.29, 0.717) is 19.6 Å². The fourth-order valence-electron chi connectivity index (χ4n) is 2.15. The van der Waals surface area contributed by atoms with Gasteiger partial charge in [0.05, 0.1) is 12.4 Å². The van der Waals surface area contributed by atoms with Crippen LogP contribution in [0.4, 0.5) is 0 Å². The number of aliphatic carboxylic acids is 1. The van der Waals surface area contributed by atoms with E-state index in [1.165, 1.54) is 13.8 Å². The van der Waals surface area contributed by atoms with E-state index in [2.05, 4.69) is 5.32 Å². The molecule has 1 heterocycles. The van der Waals surface area contributed by atoms with Gasteiger partial charge in [-0.1, -0.05) is 0 Å². The van der Waals surface area contributed by atoms with Gasteiger partial charge in [-0.15, -0.1) is 0 Å². The lowest BCUT2D eigenvalue weighted by atomic mass is 10.2. The van der Waals surface area contributed by atoms with Crippen molar-refractivity contribution in [2.45, 2.75) is 26.3 Å². The number of nitrogens with zero attached hydrogens (tertiary/aromatic N) is 1.